The van der Waals surface area contributed by atoms with Crippen LogP contribution in [0.3, 0.4) is 0 Å². The van der Waals surface area contributed by atoms with Gasteiger partial charge in [0.25, 0.3) is 0 Å². The lowest BCUT2D eigenvalue weighted by atomic mass is 9.84. The van der Waals surface area contributed by atoms with Crippen LogP contribution in [0.5, 0.6) is 0 Å². The lowest BCUT2D eigenvalue weighted by Gasteiger charge is -2.42. The van der Waals surface area contributed by atoms with Crippen molar-refractivity contribution in [2.24, 2.45) is 11.8 Å². The van der Waals surface area contributed by atoms with Gasteiger partial charge in [-0.15, -0.1) is 0 Å². The Bertz CT molecular complexity index is 921. The summed E-state index contributed by atoms with van der Waals surface area (Å²) in [6.07, 6.45) is 1.27. The Morgan fingerprint density at radius 3 is 2.46 bits per heavy atom. The molecule has 35 heavy (non-hydrogen) atoms. The van der Waals surface area contributed by atoms with Gasteiger partial charge in [-0.1, -0.05) is 44.2 Å². The predicted molar refractivity (Wildman–Crippen MR) is 135 cm³/mol. The number of piperidine rings is 1. The molecule has 0 spiro atoms. The molecule has 3 rings (SSSR count). The standard InChI is InChI=1S/C28H39F2N3O2/c1-19(2)11-23-16-31-10-9-27(23)33(17-21-7-5-4-6-8-21)18-28(35)26(32-20(3)34)14-22-12-24(29)15-25(30)13-22/h4-8,12-13,15,19,23,26-28,31,35H,9-11,14,16-18H2,1-3H3,(H,32,34). The van der Waals surface area contributed by atoms with Crippen molar-refractivity contribution in [2.75, 3.05) is 19.6 Å². The molecule has 0 aromatic heterocycles. The summed E-state index contributed by atoms with van der Waals surface area (Å²) in [5, 5.41) is 17.7. The van der Waals surface area contributed by atoms with E-state index >= 15 is 0 Å². The number of aliphatic hydroxyl groups excluding tert-OH is 1. The van der Waals surface area contributed by atoms with E-state index in [1.807, 2.05) is 18.2 Å². The molecule has 192 valence electrons. The maximum atomic E-state index is 13.8. The third-order valence-electron chi connectivity index (χ3n) is 6.69. The second-order valence-corrected chi connectivity index (χ2v) is 10.2. The van der Waals surface area contributed by atoms with E-state index in [0.717, 1.165) is 37.6 Å². The second-order valence-electron chi connectivity index (χ2n) is 10.2. The minimum absolute atomic E-state index is 0.135. The molecular weight excluding hydrogens is 448 g/mol. The highest BCUT2D eigenvalue weighted by Crippen LogP contribution is 2.27. The molecule has 1 aliphatic heterocycles. The van der Waals surface area contributed by atoms with Crippen molar-refractivity contribution in [3.05, 3.63) is 71.3 Å². The molecule has 1 aliphatic rings. The third-order valence-corrected chi connectivity index (χ3v) is 6.69. The molecule has 4 unspecified atom stereocenters. The van der Waals surface area contributed by atoms with Crippen LogP contribution >= 0.6 is 0 Å². The Balaban J connectivity index is 1.83. The fourth-order valence-electron chi connectivity index (χ4n) is 5.27. The van der Waals surface area contributed by atoms with Crippen LogP contribution in [0, 0.1) is 23.5 Å². The quantitative estimate of drug-likeness (QED) is 0.450. The Labute approximate surface area is 207 Å². The molecule has 0 radical (unpaired) electrons. The van der Waals surface area contributed by atoms with E-state index in [4.69, 9.17) is 0 Å². The molecule has 5 nitrogen and oxygen atoms in total. The number of carbonyl (C=O) groups is 1. The summed E-state index contributed by atoms with van der Waals surface area (Å²) in [5.74, 6) is -0.641. The van der Waals surface area contributed by atoms with Gasteiger partial charge in [0.2, 0.25) is 5.91 Å². The summed E-state index contributed by atoms with van der Waals surface area (Å²) in [5.41, 5.74) is 1.55. The SMILES string of the molecule is CC(=O)NC(Cc1cc(F)cc(F)c1)C(O)CN(Cc1ccccc1)C1CCNCC1CC(C)C. The summed E-state index contributed by atoms with van der Waals surface area (Å²) < 4.78 is 27.6. The number of nitrogens with one attached hydrogen (secondary N) is 2. The third kappa shape index (κ3) is 8.67. The summed E-state index contributed by atoms with van der Waals surface area (Å²) in [6.45, 7) is 8.72. The number of nitrogens with zero attached hydrogens (tertiary/aromatic N) is 1. The first-order chi connectivity index (χ1) is 16.7. The van der Waals surface area contributed by atoms with Crippen molar-refractivity contribution >= 4 is 5.91 Å². The number of amides is 1. The number of hydrogen-bond donors (Lipinski definition) is 3. The van der Waals surface area contributed by atoms with E-state index in [2.05, 4.69) is 41.5 Å². The Kier molecular flexibility index (Phi) is 10.2. The Morgan fingerprint density at radius 1 is 1.14 bits per heavy atom. The van der Waals surface area contributed by atoms with E-state index < -0.39 is 23.8 Å². The van der Waals surface area contributed by atoms with Gasteiger partial charge in [0.05, 0.1) is 12.1 Å². The van der Waals surface area contributed by atoms with Gasteiger partial charge >= 0.3 is 0 Å². The highest BCUT2D eigenvalue weighted by molar-refractivity contribution is 5.73. The summed E-state index contributed by atoms with van der Waals surface area (Å²) >= 11 is 0. The zero-order chi connectivity index (χ0) is 25.4. The van der Waals surface area contributed by atoms with Gasteiger partial charge in [-0.3, -0.25) is 9.69 Å². The molecule has 1 heterocycles. The van der Waals surface area contributed by atoms with Crippen molar-refractivity contribution in [1.82, 2.24) is 15.5 Å². The van der Waals surface area contributed by atoms with Gasteiger partial charge in [-0.2, -0.15) is 0 Å². The predicted octanol–water partition coefficient (Wildman–Crippen LogP) is 3.90. The minimum Gasteiger partial charge on any atom is -0.390 e. The van der Waals surface area contributed by atoms with Crippen LogP contribution in [0.15, 0.2) is 48.5 Å². The fourth-order valence-corrected chi connectivity index (χ4v) is 5.27. The number of aliphatic hydroxyl groups is 1. The maximum Gasteiger partial charge on any atom is 0.217 e. The van der Waals surface area contributed by atoms with Gasteiger partial charge in [-0.25, -0.2) is 8.78 Å². The molecule has 0 aliphatic carbocycles. The van der Waals surface area contributed by atoms with Crippen molar-refractivity contribution in [3.8, 4) is 0 Å². The molecule has 1 fully saturated rings. The first-order valence-electron chi connectivity index (χ1n) is 12.6. The monoisotopic (exact) mass is 487 g/mol. The normalized spacial score (nSPS) is 20.1. The first kappa shape index (κ1) is 27.2. The average Bonchev–Trinajstić information content (AvgIpc) is 2.78. The van der Waals surface area contributed by atoms with Gasteiger partial charge in [0.1, 0.15) is 11.6 Å². The second kappa shape index (κ2) is 13.1. The molecule has 2 aromatic rings. The van der Waals surface area contributed by atoms with Crippen LogP contribution in [0.1, 0.15) is 44.7 Å². The van der Waals surface area contributed by atoms with Gasteiger partial charge in [0, 0.05) is 32.1 Å². The lowest BCUT2D eigenvalue weighted by molar-refractivity contribution is -0.120. The minimum atomic E-state index is -0.913. The van der Waals surface area contributed by atoms with E-state index in [0.29, 0.717) is 30.5 Å². The molecule has 2 aromatic carbocycles. The molecule has 0 saturated carbocycles. The summed E-state index contributed by atoms with van der Waals surface area (Å²) in [7, 11) is 0. The van der Waals surface area contributed by atoms with Gasteiger partial charge in [-0.05, 0) is 67.4 Å². The Morgan fingerprint density at radius 2 is 1.83 bits per heavy atom. The molecule has 3 N–H and O–H groups in total. The average molecular weight is 488 g/mol. The Hall–Kier alpha value is -2.35. The van der Waals surface area contributed by atoms with Crippen LogP contribution in [0.4, 0.5) is 8.78 Å². The number of halogens is 2. The zero-order valence-electron chi connectivity index (χ0n) is 21.0. The fraction of sp³-hybridized carbons (Fsp3) is 0.536. The number of rotatable bonds is 11. The maximum absolute atomic E-state index is 13.8. The zero-order valence-corrected chi connectivity index (χ0v) is 21.0. The number of carbonyl (C=O) groups excluding carboxylic acids is 1. The molecule has 4 atom stereocenters. The molecule has 1 saturated heterocycles. The molecule has 1 amide bonds. The van der Waals surface area contributed by atoms with E-state index in [9.17, 15) is 18.7 Å². The van der Waals surface area contributed by atoms with Crippen molar-refractivity contribution in [1.29, 1.82) is 0 Å². The number of hydrogen-bond acceptors (Lipinski definition) is 4. The molecule has 0 bridgehead atoms. The largest absolute Gasteiger partial charge is 0.390 e. The van der Waals surface area contributed by atoms with E-state index in [-0.39, 0.29) is 18.4 Å². The lowest BCUT2D eigenvalue weighted by Crippen LogP contribution is -2.55. The van der Waals surface area contributed by atoms with E-state index in [1.54, 1.807) is 0 Å². The van der Waals surface area contributed by atoms with Crippen LogP contribution < -0.4 is 10.6 Å². The van der Waals surface area contributed by atoms with Crippen molar-refractivity contribution < 1.29 is 18.7 Å². The van der Waals surface area contributed by atoms with Crippen molar-refractivity contribution in [2.45, 2.75) is 64.8 Å². The van der Waals surface area contributed by atoms with Gasteiger partial charge in [0.15, 0.2) is 0 Å². The van der Waals surface area contributed by atoms with Crippen LogP contribution in [-0.4, -0.2) is 53.7 Å². The summed E-state index contributed by atoms with van der Waals surface area (Å²) in [4.78, 5) is 14.3. The van der Waals surface area contributed by atoms with Crippen LogP contribution in [0.2, 0.25) is 0 Å². The van der Waals surface area contributed by atoms with Crippen LogP contribution in [0.25, 0.3) is 0 Å². The molecule has 7 heteroatoms. The highest BCUT2D eigenvalue weighted by atomic mass is 19.1. The van der Waals surface area contributed by atoms with Crippen molar-refractivity contribution in [3.63, 3.8) is 0 Å². The summed E-state index contributed by atoms with van der Waals surface area (Å²) in [6, 6.07) is 13.1. The van der Waals surface area contributed by atoms with Crippen LogP contribution in [-0.2, 0) is 17.8 Å². The molecular formula is C28H39F2N3O2. The smallest absolute Gasteiger partial charge is 0.217 e. The van der Waals surface area contributed by atoms with Gasteiger partial charge < -0.3 is 15.7 Å². The topological polar surface area (TPSA) is 64.6 Å². The highest BCUT2D eigenvalue weighted by Gasteiger charge is 2.33. The first-order valence-corrected chi connectivity index (χ1v) is 12.6. The van der Waals surface area contributed by atoms with E-state index in [1.165, 1.54) is 19.1 Å². The number of benzene rings is 2.